The predicted octanol–water partition coefficient (Wildman–Crippen LogP) is 2.83. The van der Waals surface area contributed by atoms with E-state index in [0.717, 1.165) is 23.3 Å². The maximum Gasteiger partial charge on any atom is 0.261 e. The molecule has 0 aliphatic carbocycles. The molecular weight excluding hydrogens is 279 g/mol. The van der Waals surface area contributed by atoms with Crippen LogP contribution < -0.4 is 10.5 Å². The molecule has 0 radical (unpaired) electrons. The fourth-order valence-electron chi connectivity index (χ4n) is 1.71. The van der Waals surface area contributed by atoms with E-state index >= 15 is 0 Å². The number of halogens is 1. The molecule has 2 aromatic rings. The number of nitrogens with one attached hydrogen (secondary N) is 1. The van der Waals surface area contributed by atoms with E-state index in [1.807, 2.05) is 19.9 Å². The Morgan fingerprint density at radius 2 is 1.75 bits per heavy atom. The number of nitrogens with two attached hydrogens (primary N) is 1. The predicted molar refractivity (Wildman–Crippen MR) is 77.5 cm³/mol. The van der Waals surface area contributed by atoms with Crippen molar-refractivity contribution in [2.75, 3.05) is 10.5 Å². The molecule has 0 spiro atoms. The van der Waals surface area contributed by atoms with Crippen LogP contribution in [0.15, 0.2) is 41.3 Å². The standard InChI is InChI=1S/C14H15FN2O2S/c1-9-3-4-11(7-10(9)2)17-20(18,19)12-5-6-13(15)14(16)8-12/h3-8,17H,16H2,1-2H3. The summed E-state index contributed by atoms with van der Waals surface area (Å²) in [5.41, 5.74) is 7.69. The van der Waals surface area contributed by atoms with Gasteiger partial charge in [0.15, 0.2) is 0 Å². The van der Waals surface area contributed by atoms with Gasteiger partial charge in [-0.1, -0.05) is 6.07 Å². The maximum absolute atomic E-state index is 13.1. The van der Waals surface area contributed by atoms with Gasteiger partial charge in [0.1, 0.15) is 5.82 Å². The summed E-state index contributed by atoms with van der Waals surface area (Å²) in [7, 11) is -3.78. The Bertz CT molecular complexity index is 758. The first-order chi connectivity index (χ1) is 9.29. The van der Waals surface area contributed by atoms with E-state index in [1.165, 1.54) is 6.07 Å². The van der Waals surface area contributed by atoms with Crippen molar-refractivity contribution in [3.8, 4) is 0 Å². The molecule has 0 bridgehead atoms. The average molecular weight is 294 g/mol. The molecule has 2 aromatic carbocycles. The molecule has 0 aliphatic rings. The van der Waals surface area contributed by atoms with Crippen LogP contribution in [0, 0.1) is 19.7 Å². The Balaban J connectivity index is 2.35. The molecule has 0 amide bonds. The van der Waals surface area contributed by atoms with Crippen molar-refractivity contribution in [2.45, 2.75) is 18.7 Å². The highest BCUT2D eigenvalue weighted by atomic mass is 32.2. The van der Waals surface area contributed by atoms with Crippen LogP contribution in [0.2, 0.25) is 0 Å². The van der Waals surface area contributed by atoms with Crippen LogP contribution in [-0.2, 0) is 10.0 Å². The zero-order valence-corrected chi connectivity index (χ0v) is 12.0. The molecular formula is C14H15FN2O2S. The van der Waals surface area contributed by atoms with E-state index in [4.69, 9.17) is 5.73 Å². The molecule has 0 unspecified atom stereocenters. The Morgan fingerprint density at radius 1 is 1.05 bits per heavy atom. The summed E-state index contributed by atoms with van der Waals surface area (Å²) < 4.78 is 39.9. The van der Waals surface area contributed by atoms with Crippen molar-refractivity contribution < 1.29 is 12.8 Å². The Morgan fingerprint density at radius 3 is 2.35 bits per heavy atom. The third-order valence-corrected chi connectivity index (χ3v) is 4.42. The van der Waals surface area contributed by atoms with Crippen molar-refractivity contribution in [3.05, 3.63) is 53.3 Å². The van der Waals surface area contributed by atoms with Gasteiger partial charge >= 0.3 is 0 Å². The van der Waals surface area contributed by atoms with Crippen molar-refractivity contribution in [3.63, 3.8) is 0 Å². The van der Waals surface area contributed by atoms with E-state index in [0.29, 0.717) is 5.69 Å². The fourth-order valence-corrected chi connectivity index (χ4v) is 2.79. The van der Waals surface area contributed by atoms with Gasteiger partial charge in [-0.25, -0.2) is 12.8 Å². The molecule has 6 heteroatoms. The van der Waals surface area contributed by atoms with Gasteiger partial charge in [0.05, 0.1) is 10.6 Å². The lowest BCUT2D eigenvalue weighted by Crippen LogP contribution is -2.13. The summed E-state index contributed by atoms with van der Waals surface area (Å²) in [5.74, 6) is -0.643. The number of aryl methyl sites for hydroxylation is 2. The Kier molecular flexibility index (Phi) is 3.67. The van der Waals surface area contributed by atoms with E-state index < -0.39 is 15.8 Å². The quantitative estimate of drug-likeness (QED) is 0.855. The average Bonchev–Trinajstić information content (AvgIpc) is 2.37. The lowest BCUT2D eigenvalue weighted by Gasteiger charge is -2.10. The molecule has 0 fully saturated rings. The van der Waals surface area contributed by atoms with Crippen LogP contribution in [0.5, 0.6) is 0 Å². The van der Waals surface area contributed by atoms with Gasteiger partial charge in [-0.05, 0) is 55.3 Å². The first-order valence-electron chi connectivity index (χ1n) is 5.95. The smallest absolute Gasteiger partial charge is 0.261 e. The van der Waals surface area contributed by atoms with Gasteiger partial charge in [-0.2, -0.15) is 0 Å². The molecule has 20 heavy (non-hydrogen) atoms. The normalized spacial score (nSPS) is 11.3. The zero-order chi connectivity index (χ0) is 14.9. The SMILES string of the molecule is Cc1ccc(NS(=O)(=O)c2ccc(F)c(N)c2)cc1C. The van der Waals surface area contributed by atoms with Crippen LogP contribution in [0.4, 0.5) is 15.8 Å². The first-order valence-corrected chi connectivity index (χ1v) is 7.43. The number of sulfonamides is 1. The molecule has 4 nitrogen and oxygen atoms in total. The number of hydrogen-bond acceptors (Lipinski definition) is 3. The van der Waals surface area contributed by atoms with Gasteiger partial charge in [0.2, 0.25) is 0 Å². The van der Waals surface area contributed by atoms with Gasteiger partial charge < -0.3 is 5.73 Å². The summed E-state index contributed by atoms with van der Waals surface area (Å²) in [6.45, 7) is 3.83. The van der Waals surface area contributed by atoms with Crippen LogP contribution in [0.1, 0.15) is 11.1 Å². The maximum atomic E-state index is 13.1. The van der Waals surface area contributed by atoms with E-state index in [-0.39, 0.29) is 10.6 Å². The summed E-state index contributed by atoms with van der Waals surface area (Å²) >= 11 is 0. The molecule has 106 valence electrons. The van der Waals surface area contributed by atoms with E-state index in [2.05, 4.69) is 4.72 Å². The summed E-state index contributed by atoms with van der Waals surface area (Å²) in [5, 5.41) is 0. The minimum Gasteiger partial charge on any atom is -0.396 e. The molecule has 0 heterocycles. The second-order valence-electron chi connectivity index (χ2n) is 4.59. The highest BCUT2D eigenvalue weighted by Crippen LogP contribution is 2.21. The van der Waals surface area contributed by atoms with Gasteiger partial charge in [-0.3, -0.25) is 4.72 Å². The van der Waals surface area contributed by atoms with Crippen LogP contribution in [-0.4, -0.2) is 8.42 Å². The molecule has 0 atom stereocenters. The lowest BCUT2D eigenvalue weighted by atomic mass is 10.1. The third-order valence-electron chi connectivity index (χ3n) is 3.04. The Hall–Kier alpha value is -2.08. The van der Waals surface area contributed by atoms with Gasteiger partial charge in [-0.15, -0.1) is 0 Å². The number of benzene rings is 2. The number of nitrogen functional groups attached to an aromatic ring is 1. The second-order valence-corrected chi connectivity index (χ2v) is 6.27. The molecule has 0 aromatic heterocycles. The summed E-state index contributed by atoms with van der Waals surface area (Å²) in [6, 6.07) is 8.54. The van der Waals surface area contributed by atoms with Crippen LogP contribution in [0.25, 0.3) is 0 Å². The molecule has 0 saturated carbocycles. The molecule has 2 rings (SSSR count). The van der Waals surface area contributed by atoms with Gasteiger partial charge in [0, 0.05) is 5.69 Å². The third kappa shape index (κ3) is 2.91. The first kappa shape index (κ1) is 14.3. The fraction of sp³-hybridized carbons (Fsp3) is 0.143. The summed E-state index contributed by atoms with van der Waals surface area (Å²) in [6.07, 6.45) is 0. The summed E-state index contributed by atoms with van der Waals surface area (Å²) in [4.78, 5) is -0.0744. The highest BCUT2D eigenvalue weighted by Gasteiger charge is 2.16. The largest absolute Gasteiger partial charge is 0.396 e. The van der Waals surface area contributed by atoms with E-state index in [1.54, 1.807) is 12.1 Å². The van der Waals surface area contributed by atoms with Crippen LogP contribution in [0.3, 0.4) is 0 Å². The number of hydrogen-bond donors (Lipinski definition) is 2. The van der Waals surface area contributed by atoms with Gasteiger partial charge in [0.25, 0.3) is 10.0 Å². The van der Waals surface area contributed by atoms with Crippen molar-refractivity contribution in [1.82, 2.24) is 0 Å². The second kappa shape index (κ2) is 5.13. The topological polar surface area (TPSA) is 72.2 Å². The molecule has 3 N–H and O–H groups in total. The Labute approximate surface area is 117 Å². The number of anilines is 2. The number of rotatable bonds is 3. The van der Waals surface area contributed by atoms with Crippen molar-refractivity contribution >= 4 is 21.4 Å². The minimum absolute atomic E-state index is 0.0744. The molecule has 0 aliphatic heterocycles. The highest BCUT2D eigenvalue weighted by molar-refractivity contribution is 7.92. The molecule has 0 saturated heterocycles. The van der Waals surface area contributed by atoms with Crippen molar-refractivity contribution in [1.29, 1.82) is 0 Å². The van der Waals surface area contributed by atoms with Crippen molar-refractivity contribution in [2.24, 2.45) is 0 Å². The lowest BCUT2D eigenvalue weighted by molar-refractivity contribution is 0.600. The zero-order valence-electron chi connectivity index (χ0n) is 11.1. The van der Waals surface area contributed by atoms with E-state index in [9.17, 15) is 12.8 Å². The van der Waals surface area contributed by atoms with Crippen LogP contribution >= 0.6 is 0 Å². The minimum atomic E-state index is -3.78. The monoisotopic (exact) mass is 294 g/mol.